The first-order valence-corrected chi connectivity index (χ1v) is 9.30. The lowest BCUT2D eigenvalue weighted by atomic mass is 10.0. The van der Waals surface area contributed by atoms with Crippen molar-refractivity contribution in [2.45, 2.75) is 25.5 Å². The number of β-amino-alcohol motifs (C(OH)–C–C–N with tert-alkyl or cyclic N) is 1. The summed E-state index contributed by atoms with van der Waals surface area (Å²) in [5, 5.41) is 23.7. The van der Waals surface area contributed by atoms with E-state index in [2.05, 4.69) is 16.2 Å². The van der Waals surface area contributed by atoms with E-state index in [4.69, 9.17) is 10.5 Å². The highest BCUT2D eigenvalue weighted by molar-refractivity contribution is 5.85. The molecule has 0 saturated carbocycles. The Labute approximate surface area is 162 Å². The number of nitrogens with two attached hydrogens (primary N) is 1. The third kappa shape index (κ3) is 3.26. The average molecular weight is 378 g/mol. The maximum atomic E-state index is 10.0. The van der Waals surface area contributed by atoms with E-state index in [0.29, 0.717) is 24.5 Å². The van der Waals surface area contributed by atoms with E-state index in [1.54, 1.807) is 23.1 Å². The second-order valence-electron chi connectivity index (χ2n) is 6.86. The summed E-state index contributed by atoms with van der Waals surface area (Å²) in [5.74, 6) is 1.47. The largest absolute Gasteiger partial charge is 0.492 e. The summed E-state index contributed by atoms with van der Waals surface area (Å²) in [6.45, 7) is 3.69. The van der Waals surface area contributed by atoms with Crippen LogP contribution in [0.3, 0.4) is 0 Å². The summed E-state index contributed by atoms with van der Waals surface area (Å²) >= 11 is 0. The molecule has 2 atom stereocenters. The Morgan fingerprint density at radius 1 is 1.39 bits per heavy atom. The molecule has 0 amide bonds. The molecule has 8 heteroatoms. The van der Waals surface area contributed by atoms with E-state index in [0.717, 1.165) is 35.4 Å². The third-order valence-corrected chi connectivity index (χ3v) is 5.04. The van der Waals surface area contributed by atoms with Gasteiger partial charge in [-0.15, -0.1) is 0 Å². The molecule has 1 fully saturated rings. The molecule has 0 bridgehead atoms. The predicted octanol–water partition coefficient (Wildman–Crippen LogP) is 1.56. The minimum absolute atomic E-state index is 0.184. The van der Waals surface area contributed by atoms with Crippen molar-refractivity contribution in [2.75, 3.05) is 24.6 Å². The van der Waals surface area contributed by atoms with E-state index in [1.165, 1.54) is 0 Å². The van der Waals surface area contributed by atoms with Crippen molar-refractivity contribution in [3.63, 3.8) is 0 Å². The zero-order chi connectivity index (χ0) is 19.7. The lowest BCUT2D eigenvalue weighted by molar-refractivity contribution is 0.131. The summed E-state index contributed by atoms with van der Waals surface area (Å²) in [4.78, 5) is 6.61. The monoisotopic (exact) mass is 378 g/mol. The topological polar surface area (TPSA) is 113 Å². The van der Waals surface area contributed by atoms with Gasteiger partial charge in [-0.3, -0.25) is 0 Å². The fourth-order valence-electron chi connectivity index (χ4n) is 3.53. The normalized spacial score (nSPS) is 19.6. The van der Waals surface area contributed by atoms with Gasteiger partial charge in [0.15, 0.2) is 0 Å². The van der Waals surface area contributed by atoms with Crippen molar-refractivity contribution < 1.29 is 9.84 Å². The fraction of sp³-hybridized carbons (Fsp3) is 0.350. The molecule has 3 aromatic rings. The number of piperidine rings is 1. The van der Waals surface area contributed by atoms with Crippen LogP contribution >= 0.6 is 0 Å². The van der Waals surface area contributed by atoms with E-state index < -0.39 is 6.10 Å². The Balaban J connectivity index is 1.72. The minimum atomic E-state index is -0.553. The second-order valence-corrected chi connectivity index (χ2v) is 6.86. The molecule has 28 heavy (non-hydrogen) atoms. The number of aliphatic hydroxyl groups excluding tert-OH is 1. The third-order valence-electron chi connectivity index (χ3n) is 5.04. The maximum absolute atomic E-state index is 10.0. The van der Waals surface area contributed by atoms with Crippen LogP contribution in [0.2, 0.25) is 0 Å². The molecule has 8 nitrogen and oxygen atoms in total. The number of hydrogen-bond donors (Lipinski definition) is 2. The van der Waals surface area contributed by atoms with Gasteiger partial charge in [-0.05, 0) is 31.5 Å². The summed E-state index contributed by atoms with van der Waals surface area (Å²) < 4.78 is 7.31. The van der Waals surface area contributed by atoms with Crippen molar-refractivity contribution in [1.82, 2.24) is 14.6 Å². The minimum Gasteiger partial charge on any atom is -0.492 e. The highest BCUT2D eigenvalue weighted by atomic mass is 16.5. The second kappa shape index (κ2) is 7.46. The molecule has 1 aliphatic rings. The molecule has 4 rings (SSSR count). The Kier molecular flexibility index (Phi) is 4.86. The van der Waals surface area contributed by atoms with Gasteiger partial charge in [-0.25, -0.2) is 9.50 Å². The first-order valence-electron chi connectivity index (χ1n) is 9.30. The number of anilines is 1. The highest BCUT2D eigenvalue weighted by Crippen LogP contribution is 2.31. The maximum Gasteiger partial charge on any atom is 0.138 e. The van der Waals surface area contributed by atoms with Gasteiger partial charge in [0, 0.05) is 36.5 Å². The van der Waals surface area contributed by atoms with Gasteiger partial charge in [-0.1, -0.05) is 0 Å². The number of hydrogen-bond acceptors (Lipinski definition) is 7. The van der Waals surface area contributed by atoms with Crippen LogP contribution in [0.1, 0.15) is 18.9 Å². The van der Waals surface area contributed by atoms with Crippen LogP contribution in [0.5, 0.6) is 5.75 Å². The molecule has 1 saturated heterocycles. The zero-order valence-electron chi connectivity index (χ0n) is 15.6. The first-order chi connectivity index (χ1) is 13.6. The molecule has 0 radical (unpaired) electrons. The van der Waals surface area contributed by atoms with Crippen molar-refractivity contribution in [3.05, 3.63) is 42.4 Å². The summed E-state index contributed by atoms with van der Waals surface area (Å²) in [5.41, 5.74) is 8.80. The quantitative estimate of drug-likeness (QED) is 0.708. The van der Waals surface area contributed by atoms with Gasteiger partial charge in [0.25, 0.3) is 0 Å². The van der Waals surface area contributed by atoms with Crippen LogP contribution in [0, 0.1) is 11.3 Å². The molecular weight excluding hydrogens is 356 g/mol. The fourth-order valence-corrected chi connectivity index (χ4v) is 3.53. The lowest BCUT2D eigenvalue weighted by Crippen LogP contribution is -2.50. The SMILES string of the molecule is CCOc1cc(-c2ccc(N3CC[C@H](N)[C@H](O)C3)nc2)c2c(C#N)cnn2c1. The molecular formula is C20H22N6O2. The number of nitriles is 1. The highest BCUT2D eigenvalue weighted by Gasteiger charge is 2.25. The van der Waals surface area contributed by atoms with Gasteiger partial charge < -0.3 is 20.5 Å². The van der Waals surface area contributed by atoms with Gasteiger partial charge >= 0.3 is 0 Å². The average Bonchev–Trinajstić information content (AvgIpc) is 3.13. The molecule has 3 N–H and O–H groups in total. The zero-order valence-corrected chi connectivity index (χ0v) is 15.6. The summed E-state index contributed by atoms with van der Waals surface area (Å²) in [6.07, 6.45) is 5.26. The van der Waals surface area contributed by atoms with Crippen molar-refractivity contribution in [2.24, 2.45) is 5.73 Å². The van der Waals surface area contributed by atoms with E-state index in [-0.39, 0.29) is 6.04 Å². The molecule has 144 valence electrons. The van der Waals surface area contributed by atoms with Gasteiger partial charge in [0.2, 0.25) is 0 Å². The number of pyridine rings is 2. The molecule has 0 aromatic carbocycles. The molecule has 4 heterocycles. The van der Waals surface area contributed by atoms with Crippen LogP contribution in [-0.2, 0) is 0 Å². The van der Waals surface area contributed by atoms with Crippen molar-refractivity contribution in [1.29, 1.82) is 5.26 Å². The number of aromatic nitrogens is 3. The number of ether oxygens (including phenoxy) is 1. The van der Waals surface area contributed by atoms with Gasteiger partial charge in [-0.2, -0.15) is 10.4 Å². The molecule has 0 spiro atoms. The summed E-state index contributed by atoms with van der Waals surface area (Å²) in [7, 11) is 0. The number of aliphatic hydroxyl groups is 1. The Bertz CT molecular complexity index is 1020. The Morgan fingerprint density at radius 2 is 2.25 bits per heavy atom. The Hall–Kier alpha value is -3.15. The molecule has 3 aromatic heterocycles. The van der Waals surface area contributed by atoms with Crippen LogP contribution in [0.15, 0.2) is 36.8 Å². The summed E-state index contributed by atoms with van der Waals surface area (Å²) in [6, 6.07) is 7.79. The first kappa shape index (κ1) is 18.2. The number of rotatable bonds is 4. The Morgan fingerprint density at radius 3 is 2.93 bits per heavy atom. The van der Waals surface area contributed by atoms with Crippen LogP contribution in [0.25, 0.3) is 16.6 Å². The number of fused-ring (bicyclic) bond motifs is 1. The smallest absolute Gasteiger partial charge is 0.138 e. The van der Waals surface area contributed by atoms with Crippen molar-refractivity contribution >= 4 is 11.3 Å². The standard InChI is InChI=1S/C20H22N6O2/c1-2-28-15-7-16(20-14(8-21)10-24-26(20)11-15)13-3-4-19(23-9-13)25-6-5-17(22)18(27)12-25/h3-4,7,9-11,17-18,27H,2,5-6,12,22H2,1H3/t17-,18+/m0/s1. The van der Waals surface area contributed by atoms with Crippen molar-refractivity contribution in [3.8, 4) is 22.9 Å². The van der Waals surface area contributed by atoms with Gasteiger partial charge in [0.05, 0.1) is 36.2 Å². The van der Waals surface area contributed by atoms with Crippen LogP contribution in [0.4, 0.5) is 5.82 Å². The number of nitrogens with zero attached hydrogens (tertiary/aromatic N) is 5. The lowest BCUT2D eigenvalue weighted by Gasteiger charge is -2.34. The van der Waals surface area contributed by atoms with Crippen LogP contribution in [-0.4, -0.2) is 51.5 Å². The molecule has 0 unspecified atom stereocenters. The van der Waals surface area contributed by atoms with E-state index in [1.807, 2.05) is 30.0 Å². The molecule has 1 aliphatic heterocycles. The molecule has 0 aliphatic carbocycles. The van der Waals surface area contributed by atoms with E-state index >= 15 is 0 Å². The predicted molar refractivity (Wildman–Crippen MR) is 105 cm³/mol. The van der Waals surface area contributed by atoms with Crippen LogP contribution < -0.4 is 15.4 Å². The van der Waals surface area contributed by atoms with E-state index in [9.17, 15) is 10.4 Å². The van der Waals surface area contributed by atoms with Gasteiger partial charge in [0.1, 0.15) is 17.6 Å².